The van der Waals surface area contributed by atoms with E-state index in [1.807, 2.05) is 25.1 Å². The van der Waals surface area contributed by atoms with Crippen LogP contribution in [0, 0.1) is 18.8 Å². The Balaban J connectivity index is 1.69. The van der Waals surface area contributed by atoms with Crippen LogP contribution in [0.3, 0.4) is 0 Å². The van der Waals surface area contributed by atoms with Gasteiger partial charge in [-0.3, -0.25) is 9.59 Å². The third kappa shape index (κ3) is 2.75. The second-order valence-corrected chi connectivity index (χ2v) is 9.52. The van der Waals surface area contributed by atoms with Crippen LogP contribution < -0.4 is 9.64 Å². The molecule has 0 spiro atoms. The van der Waals surface area contributed by atoms with Crippen molar-refractivity contribution in [2.45, 2.75) is 32.4 Å². The average Bonchev–Trinajstić information content (AvgIpc) is 3.14. The first-order chi connectivity index (χ1) is 15.3. The molecule has 2 fully saturated rings. The molecule has 2 saturated heterocycles. The smallest absolute Gasteiger partial charge is 0.332 e. The van der Waals surface area contributed by atoms with Crippen LogP contribution in [0.5, 0.6) is 5.75 Å². The Morgan fingerprint density at radius 2 is 1.94 bits per heavy atom. The molecule has 0 aliphatic carbocycles. The van der Waals surface area contributed by atoms with Gasteiger partial charge in [-0.05, 0) is 51.1 Å². The normalized spacial score (nSPS) is 28.2. The van der Waals surface area contributed by atoms with Crippen LogP contribution >= 0.6 is 15.9 Å². The van der Waals surface area contributed by atoms with Gasteiger partial charge in [0.25, 0.3) is 5.91 Å². The van der Waals surface area contributed by atoms with E-state index in [0.717, 1.165) is 15.6 Å². The van der Waals surface area contributed by atoms with Crippen LogP contribution in [-0.2, 0) is 14.3 Å². The van der Waals surface area contributed by atoms with Crippen molar-refractivity contribution >= 4 is 39.5 Å². The van der Waals surface area contributed by atoms with Gasteiger partial charge in [0.2, 0.25) is 0 Å². The third-order valence-corrected chi connectivity index (χ3v) is 7.32. The van der Waals surface area contributed by atoms with E-state index in [4.69, 9.17) is 9.47 Å². The number of hydrogen-bond donors (Lipinski definition) is 0. The van der Waals surface area contributed by atoms with Crippen molar-refractivity contribution < 1.29 is 23.9 Å². The van der Waals surface area contributed by atoms with Crippen LogP contribution in [0.1, 0.15) is 31.0 Å². The quantitative estimate of drug-likeness (QED) is 0.467. The van der Waals surface area contributed by atoms with E-state index in [9.17, 15) is 14.4 Å². The SMILES string of the molecule is CCOC(=O)[C@@H]1[C@H]2COc3ccc(C)cc3[C@H]2N2C(=O)N(c3ccc(Br)cc3)C(=O)[C@]12C. The Labute approximate surface area is 194 Å². The lowest BCUT2D eigenvalue weighted by Crippen LogP contribution is -2.51. The van der Waals surface area contributed by atoms with Crippen molar-refractivity contribution in [3.8, 4) is 5.75 Å². The number of imide groups is 1. The van der Waals surface area contributed by atoms with E-state index in [1.165, 1.54) is 4.90 Å². The molecule has 32 heavy (non-hydrogen) atoms. The molecule has 4 atom stereocenters. The Morgan fingerprint density at radius 1 is 1.22 bits per heavy atom. The molecule has 8 heteroatoms. The number of rotatable bonds is 3. The van der Waals surface area contributed by atoms with E-state index in [2.05, 4.69) is 15.9 Å². The molecule has 0 saturated carbocycles. The molecular weight excluding hydrogens is 476 g/mol. The summed E-state index contributed by atoms with van der Waals surface area (Å²) in [5.41, 5.74) is 0.921. The van der Waals surface area contributed by atoms with Crippen molar-refractivity contribution in [2.24, 2.45) is 11.8 Å². The number of amides is 3. The van der Waals surface area contributed by atoms with E-state index in [-0.39, 0.29) is 19.1 Å². The summed E-state index contributed by atoms with van der Waals surface area (Å²) in [7, 11) is 0. The second-order valence-electron chi connectivity index (χ2n) is 8.61. The van der Waals surface area contributed by atoms with Crippen molar-refractivity contribution in [3.63, 3.8) is 0 Å². The summed E-state index contributed by atoms with van der Waals surface area (Å²) in [5, 5.41) is 0. The van der Waals surface area contributed by atoms with Crippen LogP contribution in [0.4, 0.5) is 10.5 Å². The van der Waals surface area contributed by atoms with E-state index >= 15 is 0 Å². The Morgan fingerprint density at radius 3 is 2.62 bits per heavy atom. The number of anilines is 1. The highest BCUT2D eigenvalue weighted by atomic mass is 79.9. The number of ether oxygens (including phenoxy) is 2. The first-order valence-corrected chi connectivity index (χ1v) is 11.4. The van der Waals surface area contributed by atoms with Gasteiger partial charge in [-0.25, -0.2) is 9.69 Å². The molecule has 0 aromatic heterocycles. The molecule has 0 N–H and O–H groups in total. The molecule has 2 aromatic carbocycles. The van der Waals surface area contributed by atoms with Crippen molar-refractivity contribution in [3.05, 3.63) is 58.1 Å². The number of aryl methyl sites for hydroxylation is 1. The van der Waals surface area contributed by atoms with Crippen LogP contribution in [0.2, 0.25) is 0 Å². The maximum atomic E-state index is 13.8. The zero-order chi connectivity index (χ0) is 22.8. The molecule has 2 aromatic rings. The first-order valence-electron chi connectivity index (χ1n) is 10.6. The molecule has 3 aliphatic heterocycles. The predicted octanol–water partition coefficient (Wildman–Crippen LogP) is 4.23. The molecule has 0 radical (unpaired) electrons. The van der Waals surface area contributed by atoms with Crippen molar-refractivity contribution in [1.82, 2.24) is 4.90 Å². The van der Waals surface area contributed by atoms with Gasteiger partial charge in [-0.2, -0.15) is 0 Å². The predicted molar refractivity (Wildman–Crippen MR) is 120 cm³/mol. The zero-order valence-electron chi connectivity index (χ0n) is 18.0. The van der Waals surface area contributed by atoms with Crippen LogP contribution in [-0.4, -0.2) is 41.6 Å². The number of hydrogen-bond acceptors (Lipinski definition) is 5. The van der Waals surface area contributed by atoms with Crippen LogP contribution in [0.15, 0.2) is 46.9 Å². The topological polar surface area (TPSA) is 76.2 Å². The number of carbonyl (C=O) groups is 3. The molecule has 5 rings (SSSR count). The van der Waals surface area contributed by atoms with Gasteiger partial charge in [-0.15, -0.1) is 0 Å². The van der Waals surface area contributed by atoms with Gasteiger partial charge in [0, 0.05) is 16.0 Å². The summed E-state index contributed by atoms with van der Waals surface area (Å²) < 4.78 is 12.2. The van der Waals surface area contributed by atoms with Gasteiger partial charge in [0.1, 0.15) is 11.3 Å². The van der Waals surface area contributed by atoms with Crippen LogP contribution in [0.25, 0.3) is 0 Å². The van der Waals surface area contributed by atoms with Crippen molar-refractivity contribution in [2.75, 3.05) is 18.1 Å². The lowest BCUT2D eigenvalue weighted by atomic mass is 9.77. The van der Waals surface area contributed by atoms with Gasteiger partial charge in [0.15, 0.2) is 0 Å². The molecule has 0 bridgehead atoms. The summed E-state index contributed by atoms with van der Waals surface area (Å²) >= 11 is 3.39. The van der Waals surface area contributed by atoms with Gasteiger partial charge < -0.3 is 14.4 Å². The Kier molecular flexibility index (Phi) is 4.81. The van der Waals surface area contributed by atoms with E-state index in [0.29, 0.717) is 11.4 Å². The Hall–Kier alpha value is -2.87. The minimum Gasteiger partial charge on any atom is -0.493 e. The Bertz CT molecular complexity index is 1130. The summed E-state index contributed by atoms with van der Waals surface area (Å²) in [5.74, 6) is -1.45. The lowest BCUT2D eigenvalue weighted by Gasteiger charge is -2.34. The molecule has 3 amide bonds. The fourth-order valence-electron chi connectivity index (χ4n) is 5.43. The third-order valence-electron chi connectivity index (χ3n) is 6.79. The molecule has 7 nitrogen and oxygen atoms in total. The minimum atomic E-state index is -1.37. The first kappa shape index (κ1) is 21.0. The van der Waals surface area contributed by atoms with Gasteiger partial charge in [-0.1, -0.05) is 33.6 Å². The largest absolute Gasteiger partial charge is 0.493 e. The number of fused-ring (bicyclic) bond motifs is 5. The van der Waals surface area contributed by atoms with Gasteiger partial charge in [0.05, 0.1) is 30.9 Å². The number of carbonyl (C=O) groups excluding carboxylic acids is 3. The standard InChI is InChI=1S/C24H23BrN2O5/c1-4-31-21(28)19-17-12-32-18-10-5-13(2)11-16(18)20(17)27-23(30)26(22(29)24(19,27)3)15-8-6-14(25)7-9-15/h5-11,17,19-20H,4,12H2,1-3H3/t17-,19+,20-,24+/m1/s1. The molecule has 3 heterocycles. The number of esters is 1. The lowest BCUT2D eigenvalue weighted by molar-refractivity contribution is -0.154. The monoisotopic (exact) mass is 498 g/mol. The number of benzene rings is 2. The molecular formula is C24H23BrN2O5. The zero-order valence-corrected chi connectivity index (χ0v) is 19.6. The average molecular weight is 499 g/mol. The molecule has 0 unspecified atom stereocenters. The highest BCUT2D eigenvalue weighted by molar-refractivity contribution is 9.10. The maximum Gasteiger partial charge on any atom is 0.332 e. The van der Waals surface area contributed by atoms with Gasteiger partial charge >= 0.3 is 12.0 Å². The number of nitrogens with zero attached hydrogens (tertiary/aromatic N) is 2. The van der Waals surface area contributed by atoms with E-state index in [1.54, 1.807) is 43.0 Å². The molecule has 166 valence electrons. The molecule has 3 aliphatic rings. The highest BCUT2D eigenvalue weighted by Gasteiger charge is 2.72. The number of urea groups is 1. The number of halogens is 1. The summed E-state index contributed by atoms with van der Waals surface area (Å²) in [6.45, 7) is 5.80. The van der Waals surface area contributed by atoms with Crippen molar-refractivity contribution in [1.29, 1.82) is 0 Å². The fraction of sp³-hybridized carbons (Fsp3) is 0.375. The maximum absolute atomic E-state index is 13.8. The second kappa shape index (κ2) is 7.33. The van der Waals surface area contributed by atoms with E-state index < -0.39 is 35.4 Å². The highest BCUT2D eigenvalue weighted by Crippen LogP contribution is 2.58. The summed E-state index contributed by atoms with van der Waals surface area (Å²) in [6.07, 6.45) is 0. The fourth-order valence-corrected chi connectivity index (χ4v) is 5.70. The minimum absolute atomic E-state index is 0.192. The summed E-state index contributed by atoms with van der Waals surface area (Å²) in [6, 6.07) is 11.9. The summed E-state index contributed by atoms with van der Waals surface area (Å²) in [4.78, 5) is 43.6.